The second kappa shape index (κ2) is 5.72. The number of nitrogens with zero attached hydrogens (tertiary/aromatic N) is 1. The first-order valence-corrected chi connectivity index (χ1v) is 6.09. The van der Waals surface area contributed by atoms with Crippen molar-refractivity contribution in [3.8, 4) is 0 Å². The summed E-state index contributed by atoms with van der Waals surface area (Å²) >= 11 is 0. The van der Waals surface area contributed by atoms with Crippen molar-refractivity contribution in [1.82, 2.24) is 4.90 Å². The Balaban J connectivity index is 0.000000461. The summed E-state index contributed by atoms with van der Waals surface area (Å²) in [6, 6.07) is 0.739. The van der Waals surface area contributed by atoms with Gasteiger partial charge < -0.3 is 9.64 Å². The monoisotopic (exact) mass is 199 g/mol. The lowest BCUT2D eigenvalue weighted by Gasteiger charge is -2.44. The van der Waals surface area contributed by atoms with Crippen LogP contribution in [0, 0.1) is 11.8 Å². The van der Waals surface area contributed by atoms with Gasteiger partial charge in [0, 0.05) is 32.3 Å². The molecule has 2 rings (SSSR count). The Morgan fingerprint density at radius 3 is 2.21 bits per heavy atom. The van der Waals surface area contributed by atoms with E-state index in [1.165, 1.54) is 19.5 Å². The van der Waals surface area contributed by atoms with Crippen LogP contribution >= 0.6 is 0 Å². The number of ether oxygens (including phenoxy) is 1. The van der Waals surface area contributed by atoms with Crippen LogP contribution in [-0.2, 0) is 4.74 Å². The first-order valence-electron chi connectivity index (χ1n) is 6.09. The van der Waals surface area contributed by atoms with E-state index in [1.54, 1.807) is 0 Å². The number of hydrogen-bond acceptors (Lipinski definition) is 2. The first-order chi connectivity index (χ1) is 6.77. The summed E-state index contributed by atoms with van der Waals surface area (Å²) in [5.74, 6) is 1.81. The van der Waals surface area contributed by atoms with Gasteiger partial charge in [0.05, 0.1) is 0 Å². The molecule has 0 aromatic carbocycles. The lowest BCUT2D eigenvalue weighted by Crippen LogP contribution is -2.52. The summed E-state index contributed by atoms with van der Waals surface area (Å²) in [5.41, 5.74) is 0. The lowest BCUT2D eigenvalue weighted by molar-refractivity contribution is 0.0270. The molecule has 2 heteroatoms. The van der Waals surface area contributed by atoms with Crippen LogP contribution in [-0.4, -0.2) is 37.2 Å². The highest BCUT2D eigenvalue weighted by atomic mass is 16.5. The molecule has 84 valence electrons. The van der Waals surface area contributed by atoms with Crippen molar-refractivity contribution in [2.24, 2.45) is 11.8 Å². The van der Waals surface area contributed by atoms with Crippen molar-refractivity contribution < 1.29 is 4.74 Å². The summed E-state index contributed by atoms with van der Waals surface area (Å²) in [7, 11) is 0. The average Bonchev–Trinajstić information content (AvgIpc) is 2.57. The third-order valence-electron chi connectivity index (χ3n) is 3.30. The van der Waals surface area contributed by atoms with Gasteiger partial charge in [-0.1, -0.05) is 13.8 Å². The predicted molar refractivity (Wildman–Crippen MR) is 60.5 cm³/mol. The molecule has 2 fully saturated rings. The van der Waals surface area contributed by atoms with Gasteiger partial charge >= 0.3 is 0 Å². The molecule has 0 N–H and O–H groups in total. The molecular formula is C12H25NO. The fraction of sp³-hybridized carbons (Fsp3) is 1.00. The fourth-order valence-electron chi connectivity index (χ4n) is 2.19. The van der Waals surface area contributed by atoms with Gasteiger partial charge in [0.2, 0.25) is 0 Å². The standard InChI is InChI=1S/C10H19NO.C2H6/c1-8(2)11-5-10(6-11)9-3-4-12-7-9;1-2/h8-10H,3-7H2,1-2H3;1-2H3. The maximum atomic E-state index is 5.39. The highest BCUT2D eigenvalue weighted by Gasteiger charge is 2.35. The third-order valence-corrected chi connectivity index (χ3v) is 3.30. The van der Waals surface area contributed by atoms with E-state index in [0.29, 0.717) is 0 Å². The van der Waals surface area contributed by atoms with Gasteiger partial charge in [-0.3, -0.25) is 0 Å². The Kier molecular flexibility index (Phi) is 4.90. The predicted octanol–water partition coefficient (Wildman–Crippen LogP) is 2.39. The minimum Gasteiger partial charge on any atom is -0.381 e. The lowest BCUT2D eigenvalue weighted by atomic mass is 9.84. The van der Waals surface area contributed by atoms with E-state index < -0.39 is 0 Å². The van der Waals surface area contributed by atoms with Gasteiger partial charge in [-0.25, -0.2) is 0 Å². The summed E-state index contributed by atoms with van der Waals surface area (Å²) in [4.78, 5) is 2.54. The molecule has 2 saturated heterocycles. The fourth-order valence-corrected chi connectivity index (χ4v) is 2.19. The van der Waals surface area contributed by atoms with Gasteiger partial charge in [0.1, 0.15) is 0 Å². The molecule has 0 spiro atoms. The van der Waals surface area contributed by atoms with E-state index in [9.17, 15) is 0 Å². The SMILES string of the molecule is CC.CC(C)N1CC(C2CCOC2)C1. The Hall–Kier alpha value is -0.0800. The smallest absolute Gasteiger partial charge is 0.0498 e. The maximum Gasteiger partial charge on any atom is 0.0498 e. The highest BCUT2D eigenvalue weighted by molar-refractivity contribution is 4.87. The van der Waals surface area contributed by atoms with Crippen molar-refractivity contribution >= 4 is 0 Å². The van der Waals surface area contributed by atoms with Gasteiger partial charge in [-0.05, 0) is 32.1 Å². The number of hydrogen-bond donors (Lipinski definition) is 0. The topological polar surface area (TPSA) is 12.5 Å². The van der Waals surface area contributed by atoms with E-state index >= 15 is 0 Å². The van der Waals surface area contributed by atoms with Gasteiger partial charge in [-0.2, -0.15) is 0 Å². The molecule has 0 aromatic rings. The van der Waals surface area contributed by atoms with Crippen LogP contribution in [0.3, 0.4) is 0 Å². The minimum atomic E-state index is 0.739. The van der Waals surface area contributed by atoms with Crippen molar-refractivity contribution in [2.75, 3.05) is 26.3 Å². The zero-order chi connectivity index (χ0) is 10.6. The summed E-state index contributed by atoms with van der Waals surface area (Å²) in [5, 5.41) is 0. The normalized spacial score (nSPS) is 28.5. The molecule has 1 atom stereocenters. The third kappa shape index (κ3) is 2.71. The quantitative estimate of drug-likeness (QED) is 0.677. The van der Waals surface area contributed by atoms with Crippen molar-refractivity contribution in [3.05, 3.63) is 0 Å². The molecule has 2 aliphatic rings. The average molecular weight is 199 g/mol. The molecule has 2 nitrogen and oxygen atoms in total. The first kappa shape index (κ1) is 12.0. The van der Waals surface area contributed by atoms with E-state index in [0.717, 1.165) is 31.1 Å². The van der Waals surface area contributed by atoms with Crippen LogP contribution in [0.1, 0.15) is 34.1 Å². The molecule has 2 heterocycles. The maximum absolute atomic E-state index is 5.39. The zero-order valence-corrected chi connectivity index (χ0v) is 10.1. The summed E-state index contributed by atoms with van der Waals surface area (Å²) in [6.07, 6.45) is 1.30. The molecule has 0 bridgehead atoms. The van der Waals surface area contributed by atoms with Crippen molar-refractivity contribution in [3.63, 3.8) is 0 Å². The van der Waals surface area contributed by atoms with Crippen LogP contribution < -0.4 is 0 Å². The van der Waals surface area contributed by atoms with E-state index in [-0.39, 0.29) is 0 Å². The Labute approximate surface area is 88.6 Å². The van der Waals surface area contributed by atoms with E-state index in [2.05, 4.69) is 18.7 Å². The number of rotatable bonds is 2. The van der Waals surface area contributed by atoms with Crippen LogP contribution in [0.15, 0.2) is 0 Å². The second-order valence-corrected chi connectivity index (χ2v) is 4.43. The molecule has 0 aromatic heterocycles. The number of likely N-dealkylation sites (tertiary alicyclic amines) is 1. The highest BCUT2D eigenvalue weighted by Crippen LogP contribution is 2.30. The van der Waals surface area contributed by atoms with E-state index in [1.807, 2.05) is 13.8 Å². The second-order valence-electron chi connectivity index (χ2n) is 4.43. The zero-order valence-electron chi connectivity index (χ0n) is 10.1. The summed E-state index contributed by atoms with van der Waals surface area (Å²) < 4.78 is 5.39. The van der Waals surface area contributed by atoms with Gasteiger partial charge in [0.25, 0.3) is 0 Å². The van der Waals surface area contributed by atoms with Crippen LogP contribution in [0.2, 0.25) is 0 Å². The van der Waals surface area contributed by atoms with Crippen LogP contribution in [0.5, 0.6) is 0 Å². The Morgan fingerprint density at radius 1 is 1.14 bits per heavy atom. The van der Waals surface area contributed by atoms with Crippen molar-refractivity contribution in [2.45, 2.75) is 40.2 Å². The molecule has 1 unspecified atom stereocenters. The Morgan fingerprint density at radius 2 is 1.79 bits per heavy atom. The van der Waals surface area contributed by atoms with Crippen LogP contribution in [0.25, 0.3) is 0 Å². The Bertz CT molecular complexity index is 146. The minimum absolute atomic E-state index is 0.739. The van der Waals surface area contributed by atoms with E-state index in [4.69, 9.17) is 4.74 Å². The van der Waals surface area contributed by atoms with Crippen LogP contribution in [0.4, 0.5) is 0 Å². The molecular weight excluding hydrogens is 174 g/mol. The largest absolute Gasteiger partial charge is 0.381 e. The molecule has 0 aliphatic carbocycles. The summed E-state index contributed by atoms with van der Waals surface area (Å²) in [6.45, 7) is 13.2. The molecule has 0 radical (unpaired) electrons. The van der Waals surface area contributed by atoms with Crippen molar-refractivity contribution in [1.29, 1.82) is 0 Å². The molecule has 14 heavy (non-hydrogen) atoms. The van der Waals surface area contributed by atoms with Gasteiger partial charge in [0.15, 0.2) is 0 Å². The molecule has 0 saturated carbocycles. The van der Waals surface area contributed by atoms with Gasteiger partial charge in [-0.15, -0.1) is 0 Å². The molecule has 0 amide bonds. The molecule has 2 aliphatic heterocycles.